The van der Waals surface area contributed by atoms with Crippen molar-refractivity contribution in [2.75, 3.05) is 0 Å². The zero-order valence-electron chi connectivity index (χ0n) is 17.0. The van der Waals surface area contributed by atoms with Crippen LogP contribution in [0, 0.1) is 110 Å². The van der Waals surface area contributed by atoms with Crippen molar-refractivity contribution in [3.8, 4) is 46.9 Å². The van der Waals surface area contributed by atoms with Gasteiger partial charge in [0.05, 0.1) is 11.8 Å². The van der Waals surface area contributed by atoms with Gasteiger partial charge in [-0.2, -0.15) is 10.5 Å². The molecule has 0 heterocycles. The van der Waals surface area contributed by atoms with E-state index in [1.165, 1.54) is 0 Å². The van der Waals surface area contributed by atoms with Crippen LogP contribution < -0.4 is 0 Å². The van der Waals surface area contributed by atoms with Gasteiger partial charge in [0, 0.05) is 16.7 Å². The number of hydrogen-bond acceptors (Lipinski definition) is 2. The summed E-state index contributed by atoms with van der Waals surface area (Å²) < 4.78 is 0. The van der Waals surface area contributed by atoms with E-state index in [0.717, 1.165) is 45.2 Å². The fourth-order valence-electron chi connectivity index (χ4n) is 3.88. The molecule has 0 spiro atoms. The Labute approximate surface area is 190 Å². The molecule has 0 N–H and O–H groups in total. The summed E-state index contributed by atoms with van der Waals surface area (Å²) in [4.78, 5) is 0. The van der Waals surface area contributed by atoms with Gasteiger partial charge in [0.2, 0.25) is 0 Å². The van der Waals surface area contributed by atoms with E-state index in [1.807, 2.05) is 87.8 Å². The van der Waals surface area contributed by atoms with E-state index in [4.69, 9.17) is 0 Å². The third kappa shape index (κ3) is 3.82. The van der Waals surface area contributed by atoms with Crippen molar-refractivity contribution in [3.63, 3.8) is 0 Å². The average molecular weight is 402 g/mol. The molecule has 3 aliphatic rings. The summed E-state index contributed by atoms with van der Waals surface area (Å²) in [6.45, 7) is 0. The third-order valence-electron chi connectivity index (χ3n) is 5.37. The molecule has 0 aromatic heterocycles. The van der Waals surface area contributed by atoms with Crippen molar-refractivity contribution in [2.24, 2.45) is 0 Å². The minimum Gasteiger partial charge on any atom is -0.192 e. The number of allylic oxidation sites excluding steroid dienone is 1. The summed E-state index contributed by atoms with van der Waals surface area (Å²) in [5.74, 6) is 14.6. The Morgan fingerprint density at radius 3 is 1.38 bits per heavy atom. The van der Waals surface area contributed by atoms with Crippen LogP contribution in [-0.2, 0) is 0 Å². The Hall–Kier alpha value is -3.72. The van der Waals surface area contributed by atoms with E-state index < -0.39 is 0 Å². The SMILES string of the molecule is N#CC(C#N)=C1c2cc(C#C[C]3[CH][CH][CH][CH]3)ccc2-c2ccc(C#C[C]3[CH][CH][CH][CH]3)cc21. The van der Waals surface area contributed by atoms with Crippen LogP contribution in [0.25, 0.3) is 16.7 Å². The predicted molar refractivity (Wildman–Crippen MR) is 124 cm³/mol. The number of nitrogens with zero attached hydrogens (tertiary/aromatic N) is 2. The average Bonchev–Trinajstić information content (AvgIpc) is 3.58. The molecular weight excluding hydrogens is 388 g/mol. The molecule has 10 radical (unpaired) electrons. The largest absolute Gasteiger partial charge is 0.192 e. The van der Waals surface area contributed by atoms with Crippen LogP contribution in [-0.4, -0.2) is 0 Å². The van der Waals surface area contributed by atoms with E-state index in [9.17, 15) is 10.5 Å². The molecule has 2 saturated carbocycles. The van der Waals surface area contributed by atoms with Gasteiger partial charge >= 0.3 is 0 Å². The molecule has 2 heteroatoms. The smallest absolute Gasteiger partial charge is 0.138 e. The lowest BCUT2D eigenvalue weighted by Crippen LogP contribution is -1.90. The monoisotopic (exact) mass is 402 g/mol. The van der Waals surface area contributed by atoms with Crippen molar-refractivity contribution in [1.29, 1.82) is 10.5 Å². The molecule has 2 aromatic carbocycles. The zero-order valence-corrected chi connectivity index (χ0v) is 17.0. The van der Waals surface area contributed by atoms with E-state index in [0.29, 0.717) is 5.57 Å². The normalized spacial score (nSPS) is 16.8. The van der Waals surface area contributed by atoms with E-state index in [2.05, 4.69) is 35.8 Å². The zero-order chi connectivity index (χ0) is 21.9. The molecule has 0 amide bonds. The summed E-state index contributed by atoms with van der Waals surface area (Å²) in [5, 5.41) is 19.3. The Morgan fingerprint density at radius 1 is 0.531 bits per heavy atom. The first-order valence-corrected chi connectivity index (χ1v) is 10.1. The van der Waals surface area contributed by atoms with Crippen LogP contribution in [0.2, 0.25) is 0 Å². The maximum atomic E-state index is 9.65. The van der Waals surface area contributed by atoms with Crippen LogP contribution in [0.5, 0.6) is 0 Å². The first kappa shape index (κ1) is 20.2. The molecule has 32 heavy (non-hydrogen) atoms. The van der Waals surface area contributed by atoms with Crippen molar-refractivity contribution in [1.82, 2.24) is 0 Å². The van der Waals surface area contributed by atoms with Crippen molar-refractivity contribution < 1.29 is 0 Å². The Kier molecular flexibility index (Phi) is 5.55. The summed E-state index contributed by atoms with van der Waals surface area (Å²) in [5.41, 5.74) is 6.10. The summed E-state index contributed by atoms with van der Waals surface area (Å²) >= 11 is 0. The highest BCUT2D eigenvalue weighted by atomic mass is 14.3. The van der Waals surface area contributed by atoms with Gasteiger partial charge < -0.3 is 0 Å². The van der Waals surface area contributed by atoms with Crippen molar-refractivity contribution >= 4 is 5.57 Å². The first-order chi connectivity index (χ1) is 15.8. The van der Waals surface area contributed by atoms with E-state index in [-0.39, 0.29) is 5.57 Å². The molecule has 2 nitrogen and oxygen atoms in total. The van der Waals surface area contributed by atoms with Crippen LogP contribution in [0.15, 0.2) is 42.0 Å². The Bertz CT molecular complexity index is 1210. The fourth-order valence-corrected chi connectivity index (χ4v) is 3.88. The van der Waals surface area contributed by atoms with Gasteiger partial charge in [0.1, 0.15) is 17.7 Å². The number of nitriles is 2. The van der Waals surface area contributed by atoms with E-state index in [1.54, 1.807) is 0 Å². The summed E-state index contributed by atoms with van der Waals surface area (Å²) in [7, 11) is 0. The van der Waals surface area contributed by atoms with Gasteiger partial charge in [-0.1, -0.05) is 35.8 Å². The van der Waals surface area contributed by atoms with Gasteiger partial charge in [-0.15, -0.1) is 0 Å². The first-order valence-electron chi connectivity index (χ1n) is 10.1. The highest BCUT2D eigenvalue weighted by molar-refractivity contribution is 6.04. The second-order valence-electron chi connectivity index (χ2n) is 7.34. The summed E-state index contributed by atoms with van der Waals surface area (Å²) in [6, 6.07) is 16.0. The number of fused-ring (bicyclic) bond motifs is 3. The minimum atomic E-state index is 0.0901. The molecule has 0 aliphatic heterocycles. The van der Waals surface area contributed by atoms with Gasteiger partial charge in [0.25, 0.3) is 0 Å². The molecule has 2 fully saturated rings. The minimum absolute atomic E-state index is 0.0901. The lowest BCUT2D eigenvalue weighted by molar-refractivity contribution is 1.43. The maximum Gasteiger partial charge on any atom is 0.138 e. The van der Waals surface area contributed by atoms with Crippen LogP contribution in [0.4, 0.5) is 0 Å². The van der Waals surface area contributed by atoms with Gasteiger partial charge in [-0.25, -0.2) is 0 Å². The molecule has 2 aromatic rings. The van der Waals surface area contributed by atoms with Crippen LogP contribution >= 0.6 is 0 Å². The van der Waals surface area contributed by atoms with Crippen LogP contribution in [0.1, 0.15) is 22.3 Å². The molecule has 144 valence electrons. The molecule has 0 saturated heterocycles. The molecule has 5 rings (SSSR count). The highest BCUT2D eigenvalue weighted by Gasteiger charge is 2.27. The lowest BCUT2D eigenvalue weighted by Gasteiger charge is -2.04. The topological polar surface area (TPSA) is 47.6 Å². The molecular formula is C30H14N2. The molecule has 0 atom stereocenters. The van der Waals surface area contributed by atoms with Crippen molar-refractivity contribution in [2.45, 2.75) is 0 Å². The van der Waals surface area contributed by atoms with Gasteiger partial charge in [0.15, 0.2) is 0 Å². The number of hydrogen-bond donors (Lipinski definition) is 0. The van der Waals surface area contributed by atoms with Gasteiger partial charge in [-0.3, -0.25) is 0 Å². The predicted octanol–water partition coefficient (Wildman–Crippen LogP) is 5.03. The van der Waals surface area contributed by atoms with Crippen molar-refractivity contribution in [3.05, 3.63) is 127 Å². The second kappa shape index (κ2) is 8.80. The summed E-state index contributed by atoms with van der Waals surface area (Å²) in [6.07, 6.45) is 15.7. The van der Waals surface area contributed by atoms with Gasteiger partial charge in [-0.05, 0) is 97.9 Å². The standard InChI is InChI=1S/C30H14N2/c31-19-25(20-32)30-28-17-23(11-9-21-5-1-2-6-21)13-15-26(28)27-16-14-24(18-29(27)30)12-10-22-7-3-4-8-22/h1-8,13-18H. The Balaban J connectivity index is 1.57. The molecule has 0 bridgehead atoms. The molecule has 3 aliphatic carbocycles. The van der Waals surface area contributed by atoms with Crippen LogP contribution in [0.3, 0.4) is 0 Å². The van der Waals surface area contributed by atoms with E-state index >= 15 is 0 Å². The fraction of sp³-hybridized carbons (Fsp3) is 0. The molecule has 0 unspecified atom stereocenters. The Morgan fingerprint density at radius 2 is 0.969 bits per heavy atom. The highest BCUT2D eigenvalue weighted by Crippen LogP contribution is 2.46. The second-order valence-corrected chi connectivity index (χ2v) is 7.34. The number of benzene rings is 2. The lowest BCUT2D eigenvalue weighted by atomic mass is 9.97. The quantitative estimate of drug-likeness (QED) is 0.391. The number of rotatable bonds is 0. The third-order valence-corrected chi connectivity index (χ3v) is 5.37. The maximum absolute atomic E-state index is 9.65.